The van der Waals surface area contributed by atoms with Gasteiger partial charge in [0.25, 0.3) is 0 Å². The Balaban J connectivity index is 3.09. The number of carbonyl (C=O) groups excluding carboxylic acids is 1. The Bertz CT molecular complexity index is 412. The highest BCUT2D eigenvalue weighted by Crippen LogP contribution is 2.26. The van der Waals surface area contributed by atoms with E-state index in [4.69, 9.17) is 9.84 Å². The third-order valence-corrected chi connectivity index (χ3v) is 2.72. The van der Waals surface area contributed by atoms with Crippen LogP contribution in [0.25, 0.3) is 0 Å². The van der Waals surface area contributed by atoms with Crippen molar-refractivity contribution in [2.75, 3.05) is 7.11 Å². The number of methoxy groups -OCH3 is 1. The van der Waals surface area contributed by atoms with Gasteiger partial charge in [0, 0.05) is 0 Å². The van der Waals surface area contributed by atoms with E-state index < -0.39 is 11.9 Å². The minimum absolute atomic E-state index is 0.0184. The van der Waals surface area contributed by atoms with Gasteiger partial charge in [-0.1, -0.05) is 25.1 Å². The van der Waals surface area contributed by atoms with Crippen LogP contribution in [-0.4, -0.2) is 24.2 Å². The number of carboxylic acid groups (broad SMARTS) is 1. The molecule has 17 heavy (non-hydrogen) atoms. The Labute approximate surface area is 100 Å². The van der Waals surface area contributed by atoms with Gasteiger partial charge in [0.05, 0.1) is 19.1 Å². The Morgan fingerprint density at radius 2 is 2.00 bits per heavy atom. The van der Waals surface area contributed by atoms with Crippen LogP contribution in [0, 0.1) is 0 Å². The lowest BCUT2D eigenvalue weighted by Gasteiger charge is -2.16. The Morgan fingerprint density at radius 3 is 2.53 bits per heavy atom. The number of hydrogen-bond acceptors (Lipinski definition) is 3. The van der Waals surface area contributed by atoms with Gasteiger partial charge in [-0.15, -0.1) is 0 Å². The van der Waals surface area contributed by atoms with Crippen LogP contribution < -0.4 is 0 Å². The predicted molar refractivity (Wildman–Crippen MR) is 63.1 cm³/mol. The molecule has 0 aliphatic rings. The fourth-order valence-electron chi connectivity index (χ4n) is 1.83. The van der Waals surface area contributed by atoms with Gasteiger partial charge in [-0.25, -0.2) is 4.79 Å². The summed E-state index contributed by atoms with van der Waals surface area (Å²) in [6, 6.07) is 6.98. The van der Waals surface area contributed by atoms with Crippen molar-refractivity contribution in [1.82, 2.24) is 0 Å². The van der Waals surface area contributed by atoms with Crippen LogP contribution in [0.5, 0.6) is 0 Å². The molecule has 4 nitrogen and oxygen atoms in total. The van der Waals surface area contributed by atoms with E-state index in [-0.39, 0.29) is 12.3 Å². The van der Waals surface area contributed by atoms with Crippen LogP contribution >= 0.6 is 0 Å². The number of aliphatic carboxylic acids is 1. The lowest BCUT2D eigenvalue weighted by atomic mass is 9.89. The van der Waals surface area contributed by atoms with E-state index in [0.717, 1.165) is 5.56 Å². The van der Waals surface area contributed by atoms with Crippen LogP contribution in [0.3, 0.4) is 0 Å². The molecule has 0 aromatic heterocycles. The Kier molecular flexibility index (Phi) is 4.69. The second-order valence-corrected chi connectivity index (χ2v) is 3.78. The minimum atomic E-state index is -0.864. The van der Waals surface area contributed by atoms with Gasteiger partial charge in [-0.3, -0.25) is 4.79 Å². The molecule has 0 saturated carbocycles. The van der Waals surface area contributed by atoms with Crippen LogP contribution in [0.4, 0.5) is 0 Å². The molecule has 1 unspecified atom stereocenters. The smallest absolute Gasteiger partial charge is 0.338 e. The summed E-state index contributed by atoms with van der Waals surface area (Å²) >= 11 is 0. The first-order valence-electron chi connectivity index (χ1n) is 5.49. The summed E-state index contributed by atoms with van der Waals surface area (Å²) in [5.41, 5.74) is 1.19. The Morgan fingerprint density at radius 1 is 1.35 bits per heavy atom. The molecule has 0 aliphatic carbocycles. The quantitative estimate of drug-likeness (QED) is 0.797. The average Bonchev–Trinajstić information content (AvgIpc) is 2.34. The molecule has 0 spiro atoms. The van der Waals surface area contributed by atoms with E-state index in [9.17, 15) is 9.59 Å². The molecular weight excluding hydrogens is 220 g/mol. The van der Waals surface area contributed by atoms with Crippen LogP contribution in [0.1, 0.15) is 41.6 Å². The summed E-state index contributed by atoms with van der Waals surface area (Å²) in [6.07, 6.45) is 0.685. The van der Waals surface area contributed by atoms with Crippen LogP contribution in [-0.2, 0) is 9.53 Å². The van der Waals surface area contributed by atoms with E-state index >= 15 is 0 Å². The van der Waals surface area contributed by atoms with Gasteiger partial charge in [0.2, 0.25) is 0 Å². The van der Waals surface area contributed by atoms with Gasteiger partial charge >= 0.3 is 11.9 Å². The lowest BCUT2D eigenvalue weighted by Crippen LogP contribution is -2.12. The summed E-state index contributed by atoms with van der Waals surface area (Å²) in [5.74, 6) is -1.45. The second-order valence-electron chi connectivity index (χ2n) is 3.78. The molecule has 0 saturated heterocycles. The summed E-state index contributed by atoms with van der Waals surface area (Å²) in [4.78, 5) is 22.3. The molecule has 1 N–H and O–H groups in total. The zero-order chi connectivity index (χ0) is 12.8. The molecule has 92 valence electrons. The molecule has 0 heterocycles. The lowest BCUT2D eigenvalue weighted by molar-refractivity contribution is -0.137. The number of benzene rings is 1. The molecule has 0 radical (unpaired) electrons. The number of ether oxygens (including phenoxy) is 1. The molecule has 0 fully saturated rings. The molecule has 1 rings (SSSR count). The summed E-state index contributed by atoms with van der Waals surface area (Å²) in [6.45, 7) is 1.90. The molecule has 1 atom stereocenters. The Hall–Kier alpha value is -1.84. The molecular formula is C13H16O4. The normalized spacial score (nSPS) is 11.9. The largest absolute Gasteiger partial charge is 0.481 e. The maximum atomic E-state index is 11.6. The van der Waals surface area contributed by atoms with Crippen molar-refractivity contribution < 1.29 is 19.4 Å². The molecule has 1 aromatic carbocycles. The van der Waals surface area contributed by atoms with Crippen molar-refractivity contribution in [3.63, 3.8) is 0 Å². The molecule has 4 heteroatoms. The van der Waals surface area contributed by atoms with E-state index in [1.54, 1.807) is 24.3 Å². The predicted octanol–water partition coefficient (Wildman–Crippen LogP) is 2.44. The minimum Gasteiger partial charge on any atom is -0.481 e. The van der Waals surface area contributed by atoms with Gasteiger partial charge in [-0.05, 0) is 24.0 Å². The fourth-order valence-corrected chi connectivity index (χ4v) is 1.83. The fraction of sp³-hybridized carbons (Fsp3) is 0.385. The summed E-state index contributed by atoms with van der Waals surface area (Å²) in [7, 11) is 1.32. The zero-order valence-electron chi connectivity index (χ0n) is 9.97. The summed E-state index contributed by atoms with van der Waals surface area (Å²) < 4.78 is 4.69. The first kappa shape index (κ1) is 13.2. The maximum absolute atomic E-state index is 11.6. The average molecular weight is 236 g/mol. The van der Waals surface area contributed by atoms with Crippen LogP contribution in [0.15, 0.2) is 24.3 Å². The van der Waals surface area contributed by atoms with E-state index in [1.165, 1.54) is 7.11 Å². The van der Waals surface area contributed by atoms with Crippen molar-refractivity contribution in [1.29, 1.82) is 0 Å². The molecule has 0 bridgehead atoms. The van der Waals surface area contributed by atoms with Crippen molar-refractivity contribution in [2.45, 2.75) is 25.7 Å². The monoisotopic (exact) mass is 236 g/mol. The first-order valence-corrected chi connectivity index (χ1v) is 5.49. The van der Waals surface area contributed by atoms with Gasteiger partial charge in [-0.2, -0.15) is 0 Å². The van der Waals surface area contributed by atoms with Crippen LogP contribution in [0.2, 0.25) is 0 Å². The maximum Gasteiger partial charge on any atom is 0.338 e. The van der Waals surface area contributed by atoms with Gasteiger partial charge in [0.1, 0.15) is 0 Å². The highest BCUT2D eigenvalue weighted by atomic mass is 16.5. The number of carboxylic acids is 1. The van der Waals surface area contributed by atoms with Gasteiger partial charge < -0.3 is 9.84 Å². The number of hydrogen-bond donors (Lipinski definition) is 1. The van der Waals surface area contributed by atoms with E-state index in [1.807, 2.05) is 6.92 Å². The molecule has 0 amide bonds. The van der Waals surface area contributed by atoms with Crippen molar-refractivity contribution in [2.24, 2.45) is 0 Å². The van der Waals surface area contributed by atoms with E-state index in [2.05, 4.69) is 0 Å². The van der Waals surface area contributed by atoms with Crippen molar-refractivity contribution in [3.8, 4) is 0 Å². The topological polar surface area (TPSA) is 63.6 Å². The number of esters is 1. The molecule has 1 aromatic rings. The van der Waals surface area contributed by atoms with E-state index in [0.29, 0.717) is 12.0 Å². The second kappa shape index (κ2) is 6.03. The molecule has 0 aliphatic heterocycles. The third kappa shape index (κ3) is 3.31. The summed E-state index contributed by atoms with van der Waals surface area (Å²) in [5, 5.41) is 8.85. The van der Waals surface area contributed by atoms with Crippen molar-refractivity contribution >= 4 is 11.9 Å². The van der Waals surface area contributed by atoms with Gasteiger partial charge in [0.15, 0.2) is 0 Å². The number of carbonyl (C=O) groups is 2. The zero-order valence-corrected chi connectivity index (χ0v) is 9.97. The SMILES string of the molecule is CCC(CC(=O)O)c1ccccc1C(=O)OC. The highest BCUT2D eigenvalue weighted by Gasteiger charge is 2.20. The standard InChI is InChI=1S/C13H16O4/c1-3-9(8-12(14)15)10-6-4-5-7-11(10)13(16)17-2/h4-7,9H,3,8H2,1-2H3,(H,14,15). The first-order chi connectivity index (χ1) is 8.10. The third-order valence-electron chi connectivity index (χ3n) is 2.72. The number of rotatable bonds is 5. The van der Waals surface area contributed by atoms with Crippen molar-refractivity contribution in [3.05, 3.63) is 35.4 Å². The highest BCUT2D eigenvalue weighted by molar-refractivity contribution is 5.91.